The molecule has 0 radical (unpaired) electrons. The van der Waals surface area contributed by atoms with Gasteiger partial charge in [0, 0.05) is 47.5 Å². The minimum absolute atomic E-state index is 0.0404. The van der Waals surface area contributed by atoms with Crippen LogP contribution in [0.1, 0.15) is 17.3 Å². The molecule has 5 nitrogen and oxygen atoms in total. The molecule has 0 aromatic heterocycles. The van der Waals surface area contributed by atoms with Gasteiger partial charge in [0.2, 0.25) is 0 Å². The van der Waals surface area contributed by atoms with Crippen molar-refractivity contribution in [3.8, 4) is 0 Å². The zero-order chi connectivity index (χ0) is 13.8. The molecule has 1 aliphatic rings. The summed E-state index contributed by atoms with van der Waals surface area (Å²) < 4.78 is 11.2. The number of nitrogens with one attached hydrogen (secondary N) is 3. The van der Waals surface area contributed by atoms with Crippen LogP contribution in [0.3, 0.4) is 0 Å². The lowest BCUT2D eigenvalue weighted by Gasteiger charge is -2.20. The van der Waals surface area contributed by atoms with E-state index < -0.39 is 10.8 Å². The SMILES string of the molecule is CC(CNC(=O)c1ccc2c(c1)NCCN2)S(C)=O. The number of amides is 1. The van der Waals surface area contributed by atoms with E-state index in [0.29, 0.717) is 12.1 Å². The summed E-state index contributed by atoms with van der Waals surface area (Å²) >= 11 is 0. The van der Waals surface area contributed by atoms with Crippen LogP contribution in [-0.2, 0) is 10.8 Å². The van der Waals surface area contributed by atoms with Gasteiger partial charge in [0.05, 0.1) is 11.4 Å². The van der Waals surface area contributed by atoms with Crippen LogP contribution in [-0.4, -0.2) is 41.3 Å². The predicted molar refractivity (Wildman–Crippen MR) is 79.3 cm³/mol. The van der Waals surface area contributed by atoms with Crippen molar-refractivity contribution < 1.29 is 9.00 Å². The first kappa shape index (κ1) is 13.9. The van der Waals surface area contributed by atoms with Crippen LogP contribution in [0.5, 0.6) is 0 Å². The number of carbonyl (C=O) groups is 1. The molecule has 0 aliphatic carbocycles. The second-order valence-corrected chi connectivity index (χ2v) is 6.44. The van der Waals surface area contributed by atoms with Gasteiger partial charge in [-0.25, -0.2) is 0 Å². The Hall–Kier alpha value is -1.56. The van der Waals surface area contributed by atoms with E-state index in [1.165, 1.54) is 0 Å². The highest BCUT2D eigenvalue weighted by molar-refractivity contribution is 7.84. The summed E-state index contributed by atoms with van der Waals surface area (Å²) in [6.45, 7) is 4.02. The van der Waals surface area contributed by atoms with Crippen LogP contribution in [0.4, 0.5) is 11.4 Å². The molecule has 104 valence electrons. The van der Waals surface area contributed by atoms with E-state index in [1.807, 2.05) is 19.1 Å². The largest absolute Gasteiger partial charge is 0.382 e. The van der Waals surface area contributed by atoms with Gasteiger partial charge in [-0.15, -0.1) is 0 Å². The third kappa shape index (κ3) is 3.47. The molecule has 1 aromatic carbocycles. The van der Waals surface area contributed by atoms with Gasteiger partial charge in [-0.2, -0.15) is 0 Å². The maximum atomic E-state index is 12.0. The summed E-state index contributed by atoms with van der Waals surface area (Å²) in [4.78, 5) is 12.0. The summed E-state index contributed by atoms with van der Waals surface area (Å²) in [5, 5.41) is 9.28. The summed E-state index contributed by atoms with van der Waals surface area (Å²) in [7, 11) is -0.922. The highest BCUT2D eigenvalue weighted by Gasteiger charge is 2.13. The van der Waals surface area contributed by atoms with Crippen molar-refractivity contribution in [3.63, 3.8) is 0 Å². The number of hydrogen-bond acceptors (Lipinski definition) is 4. The zero-order valence-corrected chi connectivity index (χ0v) is 12.0. The molecule has 0 spiro atoms. The van der Waals surface area contributed by atoms with Gasteiger partial charge >= 0.3 is 0 Å². The van der Waals surface area contributed by atoms with E-state index in [4.69, 9.17) is 0 Å². The molecule has 2 rings (SSSR count). The first-order valence-corrected chi connectivity index (χ1v) is 7.92. The van der Waals surface area contributed by atoms with Gasteiger partial charge in [-0.05, 0) is 25.1 Å². The summed E-state index contributed by atoms with van der Waals surface area (Å²) in [6.07, 6.45) is 1.64. The molecular formula is C13H19N3O2S. The van der Waals surface area contributed by atoms with Crippen LogP contribution >= 0.6 is 0 Å². The van der Waals surface area contributed by atoms with Gasteiger partial charge < -0.3 is 16.0 Å². The predicted octanol–water partition coefficient (Wildman–Crippen LogP) is 1.02. The maximum Gasteiger partial charge on any atom is 0.251 e. The molecule has 1 aromatic rings. The molecule has 0 fully saturated rings. The van der Waals surface area contributed by atoms with Crippen LogP contribution in [0.25, 0.3) is 0 Å². The molecule has 0 bridgehead atoms. The van der Waals surface area contributed by atoms with E-state index in [-0.39, 0.29) is 11.2 Å². The fourth-order valence-electron chi connectivity index (χ4n) is 1.84. The maximum absolute atomic E-state index is 12.0. The van der Waals surface area contributed by atoms with Crippen molar-refractivity contribution in [2.75, 3.05) is 36.5 Å². The highest BCUT2D eigenvalue weighted by Crippen LogP contribution is 2.25. The Bertz CT molecular complexity index is 505. The smallest absolute Gasteiger partial charge is 0.251 e. The molecule has 1 aliphatic heterocycles. The Morgan fingerprint density at radius 1 is 1.37 bits per heavy atom. The third-order valence-corrected chi connectivity index (χ3v) is 4.45. The molecule has 0 saturated heterocycles. The van der Waals surface area contributed by atoms with Crippen LogP contribution in [0, 0.1) is 0 Å². The molecular weight excluding hydrogens is 262 g/mol. The standard InChI is InChI=1S/C13H19N3O2S/c1-9(19(2)18)8-16-13(17)10-3-4-11-12(7-10)15-6-5-14-11/h3-4,7,9,14-15H,5-6,8H2,1-2H3,(H,16,17). The summed E-state index contributed by atoms with van der Waals surface area (Å²) in [5.74, 6) is -0.132. The average molecular weight is 281 g/mol. The van der Waals surface area contributed by atoms with Crippen molar-refractivity contribution >= 4 is 28.1 Å². The highest BCUT2D eigenvalue weighted by atomic mass is 32.2. The number of rotatable bonds is 4. The first-order chi connectivity index (χ1) is 9.08. The quantitative estimate of drug-likeness (QED) is 0.770. The summed E-state index contributed by atoms with van der Waals surface area (Å²) in [5.41, 5.74) is 2.58. The van der Waals surface area contributed by atoms with Crippen molar-refractivity contribution in [3.05, 3.63) is 23.8 Å². The normalized spacial score (nSPS) is 16.5. The average Bonchev–Trinajstić information content (AvgIpc) is 2.43. The molecule has 3 N–H and O–H groups in total. The van der Waals surface area contributed by atoms with Gasteiger partial charge in [0.15, 0.2) is 0 Å². The minimum atomic E-state index is -0.922. The Morgan fingerprint density at radius 3 is 2.74 bits per heavy atom. The Labute approximate surface area is 115 Å². The topological polar surface area (TPSA) is 70.2 Å². The number of fused-ring (bicyclic) bond motifs is 1. The van der Waals surface area contributed by atoms with Crippen LogP contribution in [0.2, 0.25) is 0 Å². The Balaban J connectivity index is 2.01. The minimum Gasteiger partial charge on any atom is -0.382 e. The number of benzene rings is 1. The second kappa shape index (κ2) is 6.06. The van der Waals surface area contributed by atoms with E-state index in [0.717, 1.165) is 24.5 Å². The van der Waals surface area contributed by atoms with Gasteiger partial charge in [0.1, 0.15) is 0 Å². The van der Waals surface area contributed by atoms with Gasteiger partial charge in [0.25, 0.3) is 5.91 Å². The first-order valence-electron chi connectivity index (χ1n) is 6.30. The van der Waals surface area contributed by atoms with Crippen molar-refractivity contribution in [1.29, 1.82) is 0 Å². The molecule has 19 heavy (non-hydrogen) atoms. The van der Waals surface area contributed by atoms with E-state index in [1.54, 1.807) is 12.3 Å². The third-order valence-electron chi connectivity index (χ3n) is 3.15. The molecule has 2 atom stereocenters. The van der Waals surface area contributed by atoms with E-state index in [9.17, 15) is 9.00 Å². The van der Waals surface area contributed by atoms with Crippen molar-refractivity contribution in [1.82, 2.24) is 5.32 Å². The molecule has 2 unspecified atom stereocenters. The van der Waals surface area contributed by atoms with E-state index in [2.05, 4.69) is 16.0 Å². The number of hydrogen-bond donors (Lipinski definition) is 3. The fraction of sp³-hybridized carbons (Fsp3) is 0.462. The molecule has 1 amide bonds. The van der Waals surface area contributed by atoms with Crippen molar-refractivity contribution in [2.45, 2.75) is 12.2 Å². The molecule has 1 heterocycles. The van der Waals surface area contributed by atoms with E-state index >= 15 is 0 Å². The zero-order valence-electron chi connectivity index (χ0n) is 11.2. The molecule has 0 saturated carbocycles. The van der Waals surface area contributed by atoms with Gasteiger partial charge in [-0.1, -0.05) is 0 Å². The second-order valence-electron chi connectivity index (χ2n) is 4.63. The Morgan fingerprint density at radius 2 is 2.05 bits per heavy atom. The lowest BCUT2D eigenvalue weighted by molar-refractivity contribution is 0.0954. The Kier molecular flexibility index (Phi) is 4.42. The lowest BCUT2D eigenvalue weighted by Crippen LogP contribution is -2.32. The number of anilines is 2. The van der Waals surface area contributed by atoms with Gasteiger partial charge in [-0.3, -0.25) is 9.00 Å². The number of carbonyl (C=O) groups excluding carboxylic acids is 1. The van der Waals surface area contributed by atoms with Crippen molar-refractivity contribution in [2.24, 2.45) is 0 Å². The molecule has 6 heteroatoms. The fourth-order valence-corrected chi connectivity index (χ4v) is 2.15. The summed E-state index contributed by atoms with van der Waals surface area (Å²) in [6, 6.07) is 5.53. The van der Waals surface area contributed by atoms with Crippen LogP contribution in [0.15, 0.2) is 18.2 Å². The lowest BCUT2D eigenvalue weighted by atomic mass is 10.1. The monoisotopic (exact) mass is 281 g/mol. The van der Waals surface area contributed by atoms with Crippen LogP contribution < -0.4 is 16.0 Å².